The van der Waals surface area contributed by atoms with Gasteiger partial charge in [-0.25, -0.2) is 4.98 Å². The number of ether oxygens (including phenoxy) is 2. The molecule has 0 fully saturated rings. The third-order valence-corrected chi connectivity index (χ3v) is 1.69. The van der Waals surface area contributed by atoms with Crippen molar-refractivity contribution in [1.29, 1.82) is 0 Å². The molecular weight excluding hydrogens is 192 g/mol. The molecule has 0 aromatic carbocycles. The molecule has 1 aromatic heterocycles. The van der Waals surface area contributed by atoms with Gasteiger partial charge in [0.15, 0.2) is 5.75 Å². The Labute approximate surface area is 80.7 Å². The molecule has 0 saturated heterocycles. The van der Waals surface area contributed by atoms with Crippen molar-refractivity contribution in [2.45, 2.75) is 20.0 Å². The number of alkyl halides is 2. The number of hydrogen-bond acceptors (Lipinski definition) is 3. The minimum Gasteiger partial charge on any atom is -0.478 e. The Hall–Kier alpha value is -1.39. The van der Waals surface area contributed by atoms with Crippen LogP contribution in [-0.2, 0) is 6.42 Å². The van der Waals surface area contributed by atoms with E-state index in [9.17, 15) is 8.78 Å². The van der Waals surface area contributed by atoms with Gasteiger partial charge in [-0.3, -0.25) is 0 Å². The molecule has 3 nitrogen and oxygen atoms in total. The summed E-state index contributed by atoms with van der Waals surface area (Å²) < 4.78 is 33.0. The van der Waals surface area contributed by atoms with E-state index in [0.717, 1.165) is 5.56 Å². The summed E-state index contributed by atoms with van der Waals surface area (Å²) in [4.78, 5) is 3.84. The van der Waals surface area contributed by atoms with Crippen molar-refractivity contribution in [3.8, 4) is 11.6 Å². The lowest BCUT2D eigenvalue weighted by Gasteiger charge is -2.09. The summed E-state index contributed by atoms with van der Waals surface area (Å²) in [6.07, 6.45) is 2.27. The molecule has 0 bridgehead atoms. The van der Waals surface area contributed by atoms with Gasteiger partial charge in [-0.2, -0.15) is 8.78 Å². The van der Waals surface area contributed by atoms with E-state index in [4.69, 9.17) is 4.74 Å². The number of nitrogens with zero attached hydrogens (tertiary/aromatic N) is 1. The Morgan fingerprint density at radius 2 is 2.21 bits per heavy atom. The molecule has 5 heteroatoms. The van der Waals surface area contributed by atoms with Gasteiger partial charge >= 0.3 is 6.61 Å². The standard InChI is InChI=1S/C9H11F2NO2/c1-3-6-4-7(14-9(10)11)8(13-2)12-5-6/h4-5,9H,3H2,1-2H3. The minimum absolute atomic E-state index is 0.0261. The topological polar surface area (TPSA) is 31.4 Å². The normalized spacial score (nSPS) is 10.4. The van der Waals surface area contributed by atoms with Crippen LogP contribution in [0.4, 0.5) is 8.78 Å². The summed E-state index contributed by atoms with van der Waals surface area (Å²) in [5.41, 5.74) is 0.821. The van der Waals surface area contributed by atoms with E-state index in [2.05, 4.69) is 9.72 Å². The first kappa shape index (κ1) is 10.7. The highest BCUT2D eigenvalue weighted by molar-refractivity contribution is 5.36. The highest BCUT2D eigenvalue weighted by Crippen LogP contribution is 2.26. The zero-order valence-corrected chi connectivity index (χ0v) is 7.96. The zero-order valence-electron chi connectivity index (χ0n) is 7.96. The molecule has 1 rings (SSSR count). The van der Waals surface area contributed by atoms with Gasteiger partial charge in [0.05, 0.1) is 7.11 Å². The average Bonchev–Trinajstić information content (AvgIpc) is 2.16. The van der Waals surface area contributed by atoms with E-state index in [0.29, 0.717) is 6.42 Å². The van der Waals surface area contributed by atoms with Crippen LogP contribution in [0.2, 0.25) is 0 Å². The molecule has 0 atom stereocenters. The molecule has 0 aliphatic heterocycles. The molecule has 0 amide bonds. The third-order valence-electron chi connectivity index (χ3n) is 1.69. The van der Waals surface area contributed by atoms with Crippen LogP contribution in [0, 0.1) is 0 Å². The minimum atomic E-state index is -2.86. The lowest BCUT2D eigenvalue weighted by atomic mass is 10.2. The van der Waals surface area contributed by atoms with Crippen LogP contribution in [0.3, 0.4) is 0 Å². The fraction of sp³-hybridized carbons (Fsp3) is 0.444. The molecule has 0 N–H and O–H groups in total. The number of methoxy groups -OCH3 is 1. The van der Waals surface area contributed by atoms with Crippen LogP contribution in [0.1, 0.15) is 12.5 Å². The van der Waals surface area contributed by atoms with Gasteiger partial charge in [-0.15, -0.1) is 0 Å². The van der Waals surface area contributed by atoms with E-state index in [1.54, 1.807) is 6.20 Å². The maximum absolute atomic E-state index is 12.0. The quantitative estimate of drug-likeness (QED) is 0.752. The fourth-order valence-corrected chi connectivity index (χ4v) is 1.000. The molecule has 0 spiro atoms. The van der Waals surface area contributed by atoms with Crippen molar-refractivity contribution in [2.24, 2.45) is 0 Å². The Balaban J connectivity index is 2.96. The van der Waals surface area contributed by atoms with Crippen molar-refractivity contribution in [3.63, 3.8) is 0 Å². The second-order valence-electron chi connectivity index (χ2n) is 2.58. The van der Waals surface area contributed by atoms with Gasteiger partial charge in [0.25, 0.3) is 5.88 Å². The summed E-state index contributed by atoms with van der Waals surface area (Å²) >= 11 is 0. The number of aromatic nitrogens is 1. The van der Waals surface area contributed by atoms with Crippen LogP contribution in [0.15, 0.2) is 12.3 Å². The summed E-state index contributed by atoms with van der Waals surface area (Å²) in [7, 11) is 1.35. The van der Waals surface area contributed by atoms with E-state index < -0.39 is 6.61 Å². The molecule has 0 aliphatic carbocycles. The van der Waals surface area contributed by atoms with Gasteiger partial charge in [0.1, 0.15) is 0 Å². The first-order chi connectivity index (χ1) is 6.67. The monoisotopic (exact) mass is 203 g/mol. The average molecular weight is 203 g/mol. The number of pyridine rings is 1. The lowest BCUT2D eigenvalue weighted by molar-refractivity contribution is -0.0516. The second kappa shape index (κ2) is 4.74. The number of halogens is 2. The molecule has 0 radical (unpaired) electrons. The number of aryl methyl sites for hydroxylation is 1. The highest BCUT2D eigenvalue weighted by atomic mass is 19.3. The smallest absolute Gasteiger partial charge is 0.387 e. The molecule has 0 saturated carbocycles. The fourth-order valence-electron chi connectivity index (χ4n) is 1.000. The van der Waals surface area contributed by atoms with Gasteiger partial charge < -0.3 is 9.47 Å². The molecule has 0 aliphatic rings. The Bertz CT molecular complexity index is 305. The largest absolute Gasteiger partial charge is 0.478 e. The zero-order chi connectivity index (χ0) is 10.6. The van der Waals surface area contributed by atoms with Crippen molar-refractivity contribution >= 4 is 0 Å². The maximum Gasteiger partial charge on any atom is 0.387 e. The summed E-state index contributed by atoms with van der Waals surface area (Å²) in [5, 5.41) is 0. The molecule has 0 unspecified atom stereocenters. The third kappa shape index (κ3) is 2.55. The number of hydrogen-bond donors (Lipinski definition) is 0. The predicted octanol–water partition coefficient (Wildman–Crippen LogP) is 2.25. The van der Waals surface area contributed by atoms with Crippen LogP contribution in [-0.4, -0.2) is 18.7 Å². The van der Waals surface area contributed by atoms with Gasteiger partial charge in [0, 0.05) is 6.20 Å². The van der Waals surface area contributed by atoms with Crippen molar-refractivity contribution in [3.05, 3.63) is 17.8 Å². The lowest BCUT2D eigenvalue weighted by Crippen LogP contribution is -2.05. The predicted molar refractivity (Wildman–Crippen MR) is 46.8 cm³/mol. The van der Waals surface area contributed by atoms with E-state index >= 15 is 0 Å². The molecular formula is C9H11F2NO2. The van der Waals surface area contributed by atoms with E-state index in [1.807, 2.05) is 6.92 Å². The van der Waals surface area contributed by atoms with Crippen LogP contribution in [0.5, 0.6) is 11.6 Å². The SMILES string of the molecule is CCc1cnc(OC)c(OC(F)F)c1. The van der Waals surface area contributed by atoms with Crippen molar-refractivity contribution < 1.29 is 18.3 Å². The summed E-state index contributed by atoms with van der Waals surface area (Å²) in [5.74, 6) is 0.0457. The van der Waals surface area contributed by atoms with Crippen LogP contribution in [0.25, 0.3) is 0 Å². The van der Waals surface area contributed by atoms with Gasteiger partial charge in [0.2, 0.25) is 0 Å². The Morgan fingerprint density at radius 3 is 2.71 bits per heavy atom. The summed E-state index contributed by atoms with van der Waals surface area (Å²) in [6.45, 7) is -0.965. The Kier molecular flexibility index (Phi) is 3.62. The molecule has 1 aromatic rings. The van der Waals surface area contributed by atoms with E-state index in [1.165, 1.54) is 13.2 Å². The number of rotatable bonds is 4. The van der Waals surface area contributed by atoms with Crippen LogP contribution < -0.4 is 9.47 Å². The van der Waals surface area contributed by atoms with E-state index in [-0.39, 0.29) is 11.6 Å². The molecule has 1 heterocycles. The van der Waals surface area contributed by atoms with Crippen LogP contribution >= 0.6 is 0 Å². The molecule has 14 heavy (non-hydrogen) atoms. The summed E-state index contributed by atoms with van der Waals surface area (Å²) in [6, 6.07) is 1.50. The van der Waals surface area contributed by atoms with Crippen molar-refractivity contribution in [1.82, 2.24) is 4.98 Å². The Morgan fingerprint density at radius 1 is 1.50 bits per heavy atom. The maximum atomic E-state index is 12.0. The first-order valence-corrected chi connectivity index (χ1v) is 4.15. The second-order valence-corrected chi connectivity index (χ2v) is 2.58. The van der Waals surface area contributed by atoms with Crippen molar-refractivity contribution in [2.75, 3.05) is 7.11 Å². The van der Waals surface area contributed by atoms with Gasteiger partial charge in [-0.05, 0) is 18.1 Å². The highest BCUT2D eigenvalue weighted by Gasteiger charge is 2.11. The molecule has 78 valence electrons. The van der Waals surface area contributed by atoms with Gasteiger partial charge in [-0.1, -0.05) is 6.92 Å². The first-order valence-electron chi connectivity index (χ1n) is 4.15.